The standard InChI is InChI=1S/C9H16N2O2/c1-7(6-10)11(5)8(12)13-9(2,3)4/h6,10H,1H2,2-5H3. The molecular weight excluding hydrogens is 168 g/mol. The van der Waals surface area contributed by atoms with Crippen molar-refractivity contribution in [3.8, 4) is 0 Å². The van der Waals surface area contributed by atoms with Crippen LogP contribution in [-0.4, -0.2) is 29.9 Å². The van der Waals surface area contributed by atoms with Gasteiger partial charge in [-0.25, -0.2) is 4.79 Å². The minimum absolute atomic E-state index is 0.300. The molecule has 0 aromatic heterocycles. The van der Waals surface area contributed by atoms with Gasteiger partial charge in [-0.05, 0) is 20.8 Å². The summed E-state index contributed by atoms with van der Waals surface area (Å²) >= 11 is 0. The number of nitrogens with zero attached hydrogens (tertiary/aromatic N) is 1. The second-order valence-corrected chi connectivity index (χ2v) is 3.68. The fraction of sp³-hybridized carbons (Fsp3) is 0.556. The first kappa shape index (κ1) is 11.7. The van der Waals surface area contributed by atoms with E-state index < -0.39 is 11.7 Å². The third-order valence-electron chi connectivity index (χ3n) is 1.26. The van der Waals surface area contributed by atoms with E-state index in [2.05, 4.69) is 6.58 Å². The highest BCUT2D eigenvalue weighted by molar-refractivity contribution is 5.82. The lowest BCUT2D eigenvalue weighted by Crippen LogP contribution is -2.33. The molecule has 0 aromatic carbocycles. The SMILES string of the molecule is C=C(C=N)N(C)C(=O)OC(C)(C)C. The molecule has 0 heterocycles. The van der Waals surface area contributed by atoms with Crippen LogP contribution in [0.4, 0.5) is 4.79 Å². The van der Waals surface area contributed by atoms with Crippen molar-refractivity contribution in [2.75, 3.05) is 7.05 Å². The van der Waals surface area contributed by atoms with Gasteiger partial charge in [-0.15, -0.1) is 0 Å². The summed E-state index contributed by atoms with van der Waals surface area (Å²) < 4.78 is 5.05. The van der Waals surface area contributed by atoms with E-state index in [4.69, 9.17) is 10.1 Å². The summed E-state index contributed by atoms with van der Waals surface area (Å²) in [5, 5.41) is 6.89. The van der Waals surface area contributed by atoms with Gasteiger partial charge in [-0.3, -0.25) is 4.90 Å². The minimum Gasteiger partial charge on any atom is -0.443 e. The van der Waals surface area contributed by atoms with Gasteiger partial charge >= 0.3 is 6.09 Å². The van der Waals surface area contributed by atoms with Crippen LogP contribution in [0.25, 0.3) is 0 Å². The van der Waals surface area contributed by atoms with Crippen LogP contribution in [0.3, 0.4) is 0 Å². The Labute approximate surface area is 78.7 Å². The zero-order chi connectivity index (χ0) is 10.6. The van der Waals surface area contributed by atoms with Crippen molar-refractivity contribution in [3.05, 3.63) is 12.3 Å². The quantitative estimate of drug-likeness (QED) is 0.667. The van der Waals surface area contributed by atoms with Crippen molar-refractivity contribution >= 4 is 12.3 Å². The number of hydrogen-bond donors (Lipinski definition) is 1. The molecule has 0 spiro atoms. The Balaban J connectivity index is 4.28. The monoisotopic (exact) mass is 184 g/mol. The summed E-state index contributed by atoms with van der Waals surface area (Å²) in [5.41, 5.74) is -0.220. The van der Waals surface area contributed by atoms with Crippen LogP contribution in [0, 0.1) is 5.41 Å². The van der Waals surface area contributed by atoms with Crippen molar-refractivity contribution in [1.29, 1.82) is 5.41 Å². The zero-order valence-corrected chi connectivity index (χ0v) is 8.55. The summed E-state index contributed by atoms with van der Waals surface area (Å²) in [6.45, 7) is 8.86. The second-order valence-electron chi connectivity index (χ2n) is 3.68. The number of carbonyl (C=O) groups is 1. The second kappa shape index (κ2) is 4.07. The average molecular weight is 184 g/mol. The lowest BCUT2D eigenvalue weighted by atomic mass is 10.2. The Morgan fingerprint density at radius 1 is 1.54 bits per heavy atom. The largest absolute Gasteiger partial charge is 0.443 e. The Morgan fingerprint density at radius 2 is 2.00 bits per heavy atom. The number of carbonyl (C=O) groups excluding carboxylic acids is 1. The van der Waals surface area contributed by atoms with Gasteiger partial charge in [0, 0.05) is 13.3 Å². The first-order chi connectivity index (χ1) is 5.78. The smallest absolute Gasteiger partial charge is 0.414 e. The first-order valence-corrected chi connectivity index (χ1v) is 3.94. The predicted octanol–water partition coefficient (Wildman–Crippen LogP) is 2.02. The molecule has 0 rings (SSSR count). The molecule has 0 radical (unpaired) electrons. The summed E-state index contributed by atoms with van der Waals surface area (Å²) in [6, 6.07) is 0. The van der Waals surface area contributed by atoms with E-state index >= 15 is 0 Å². The number of nitrogens with one attached hydrogen (secondary N) is 1. The van der Waals surface area contributed by atoms with Crippen molar-refractivity contribution < 1.29 is 9.53 Å². The lowest BCUT2D eigenvalue weighted by molar-refractivity contribution is 0.0364. The maximum Gasteiger partial charge on any atom is 0.414 e. The molecule has 1 N–H and O–H groups in total. The molecule has 4 heteroatoms. The highest BCUT2D eigenvalue weighted by Crippen LogP contribution is 2.10. The van der Waals surface area contributed by atoms with Crippen molar-refractivity contribution in [2.24, 2.45) is 0 Å². The summed E-state index contributed by atoms with van der Waals surface area (Å²) in [7, 11) is 1.52. The summed E-state index contributed by atoms with van der Waals surface area (Å²) in [6.07, 6.45) is 0.505. The molecule has 74 valence electrons. The fourth-order valence-corrected chi connectivity index (χ4v) is 0.544. The molecule has 0 fully saturated rings. The molecule has 4 nitrogen and oxygen atoms in total. The molecule has 0 saturated heterocycles. The Bertz CT molecular complexity index is 228. The van der Waals surface area contributed by atoms with Gasteiger partial charge in [-0.2, -0.15) is 0 Å². The number of hydrogen-bond acceptors (Lipinski definition) is 3. The van der Waals surface area contributed by atoms with E-state index in [1.807, 2.05) is 0 Å². The molecule has 0 aliphatic carbocycles. The highest BCUT2D eigenvalue weighted by atomic mass is 16.6. The van der Waals surface area contributed by atoms with Crippen molar-refractivity contribution in [1.82, 2.24) is 4.90 Å². The Hall–Kier alpha value is -1.32. The average Bonchev–Trinajstić information content (AvgIpc) is 1.98. The molecule has 0 aromatic rings. The molecule has 0 atom stereocenters. The van der Waals surface area contributed by atoms with Crippen LogP contribution < -0.4 is 0 Å². The van der Waals surface area contributed by atoms with E-state index in [0.717, 1.165) is 6.21 Å². The van der Waals surface area contributed by atoms with Gasteiger partial charge < -0.3 is 10.1 Å². The maximum absolute atomic E-state index is 11.3. The van der Waals surface area contributed by atoms with Crippen LogP contribution in [0.15, 0.2) is 12.3 Å². The molecule has 0 saturated carbocycles. The van der Waals surface area contributed by atoms with E-state index in [1.54, 1.807) is 20.8 Å². The van der Waals surface area contributed by atoms with Gasteiger partial charge in [0.05, 0.1) is 5.70 Å². The minimum atomic E-state index is -0.520. The topological polar surface area (TPSA) is 53.4 Å². The summed E-state index contributed by atoms with van der Waals surface area (Å²) in [5.74, 6) is 0. The molecule has 0 bridgehead atoms. The van der Waals surface area contributed by atoms with E-state index in [0.29, 0.717) is 5.70 Å². The Kier molecular flexibility index (Phi) is 3.66. The molecule has 0 unspecified atom stereocenters. The normalized spacial score (nSPS) is 10.5. The van der Waals surface area contributed by atoms with E-state index in [1.165, 1.54) is 11.9 Å². The van der Waals surface area contributed by atoms with Gasteiger partial charge in [0.25, 0.3) is 0 Å². The van der Waals surface area contributed by atoms with Gasteiger partial charge in [0.2, 0.25) is 0 Å². The van der Waals surface area contributed by atoms with E-state index in [9.17, 15) is 4.79 Å². The lowest BCUT2D eigenvalue weighted by Gasteiger charge is -2.24. The first-order valence-electron chi connectivity index (χ1n) is 3.94. The van der Waals surface area contributed by atoms with Crippen LogP contribution in [0.2, 0.25) is 0 Å². The third kappa shape index (κ3) is 4.30. The summed E-state index contributed by atoms with van der Waals surface area (Å²) in [4.78, 5) is 12.5. The number of rotatable bonds is 2. The van der Waals surface area contributed by atoms with Crippen LogP contribution in [0.5, 0.6) is 0 Å². The molecule has 0 aliphatic heterocycles. The molecular formula is C9H16N2O2. The van der Waals surface area contributed by atoms with E-state index in [-0.39, 0.29) is 0 Å². The van der Waals surface area contributed by atoms with Gasteiger partial charge in [0.15, 0.2) is 0 Å². The van der Waals surface area contributed by atoms with Gasteiger partial charge in [-0.1, -0.05) is 6.58 Å². The zero-order valence-electron chi connectivity index (χ0n) is 8.55. The third-order valence-corrected chi connectivity index (χ3v) is 1.26. The predicted molar refractivity (Wildman–Crippen MR) is 51.9 cm³/mol. The fourth-order valence-electron chi connectivity index (χ4n) is 0.544. The molecule has 1 amide bonds. The van der Waals surface area contributed by atoms with Crippen molar-refractivity contribution in [2.45, 2.75) is 26.4 Å². The maximum atomic E-state index is 11.3. The van der Waals surface area contributed by atoms with Crippen molar-refractivity contribution in [3.63, 3.8) is 0 Å². The van der Waals surface area contributed by atoms with Crippen LogP contribution >= 0.6 is 0 Å². The Morgan fingerprint density at radius 3 is 2.31 bits per heavy atom. The molecule has 0 aliphatic rings. The number of ether oxygens (including phenoxy) is 1. The van der Waals surface area contributed by atoms with Crippen LogP contribution in [0.1, 0.15) is 20.8 Å². The highest BCUT2D eigenvalue weighted by Gasteiger charge is 2.20. The number of allylic oxidation sites excluding steroid dienone is 1. The van der Waals surface area contributed by atoms with Gasteiger partial charge in [0.1, 0.15) is 5.60 Å². The number of amides is 1. The van der Waals surface area contributed by atoms with Crippen LogP contribution in [-0.2, 0) is 4.74 Å². The molecule has 13 heavy (non-hydrogen) atoms.